The summed E-state index contributed by atoms with van der Waals surface area (Å²) < 4.78 is 0. The average Bonchev–Trinajstić information content (AvgIpc) is 2.41. The van der Waals surface area contributed by atoms with Crippen molar-refractivity contribution in [3.63, 3.8) is 0 Å². The van der Waals surface area contributed by atoms with Crippen molar-refractivity contribution in [1.29, 1.82) is 0 Å². The third-order valence-corrected chi connectivity index (χ3v) is 3.80. The number of unbranched alkanes of at least 4 members (excludes halogenated alkanes) is 3. The first-order valence-corrected chi connectivity index (χ1v) is 7.76. The molecule has 0 aromatic heterocycles. The zero-order valence-electron chi connectivity index (χ0n) is 12.6. The lowest BCUT2D eigenvalue weighted by Gasteiger charge is -2.38. The molecule has 1 rings (SSSR count). The van der Waals surface area contributed by atoms with E-state index in [2.05, 4.69) is 19.2 Å². The number of piperazine rings is 1. The third-order valence-electron chi connectivity index (χ3n) is 3.80. The van der Waals surface area contributed by atoms with Gasteiger partial charge in [-0.1, -0.05) is 46.5 Å². The van der Waals surface area contributed by atoms with Crippen molar-refractivity contribution in [3.05, 3.63) is 0 Å². The molecule has 1 N–H and O–H groups in total. The standard InChI is InChI=1S/C15H28N2O2/c1-4-7-8-9-11-17-13(10-5-2)14(18)16-12(6-3)15(17)19/h12-13H,4-11H2,1-3H3,(H,16,18). The van der Waals surface area contributed by atoms with Crippen molar-refractivity contribution in [2.75, 3.05) is 6.54 Å². The van der Waals surface area contributed by atoms with E-state index in [1.165, 1.54) is 12.8 Å². The monoisotopic (exact) mass is 268 g/mol. The number of amides is 2. The number of nitrogens with zero attached hydrogens (tertiary/aromatic N) is 1. The minimum Gasteiger partial charge on any atom is -0.343 e. The Morgan fingerprint density at radius 2 is 1.79 bits per heavy atom. The van der Waals surface area contributed by atoms with Crippen molar-refractivity contribution in [2.24, 2.45) is 0 Å². The van der Waals surface area contributed by atoms with Gasteiger partial charge in [0.25, 0.3) is 0 Å². The summed E-state index contributed by atoms with van der Waals surface area (Å²) in [5.41, 5.74) is 0. The molecule has 2 atom stereocenters. The molecule has 0 aliphatic carbocycles. The van der Waals surface area contributed by atoms with Crippen molar-refractivity contribution in [3.8, 4) is 0 Å². The Bertz CT molecular complexity index is 305. The molecule has 2 amide bonds. The van der Waals surface area contributed by atoms with E-state index in [-0.39, 0.29) is 23.9 Å². The molecule has 0 bridgehead atoms. The summed E-state index contributed by atoms with van der Waals surface area (Å²) in [7, 11) is 0. The zero-order valence-corrected chi connectivity index (χ0v) is 12.6. The van der Waals surface area contributed by atoms with Crippen LogP contribution in [0.3, 0.4) is 0 Å². The smallest absolute Gasteiger partial charge is 0.245 e. The Balaban J connectivity index is 2.66. The van der Waals surface area contributed by atoms with Gasteiger partial charge in [0.05, 0.1) is 0 Å². The van der Waals surface area contributed by atoms with E-state index in [4.69, 9.17) is 0 Å². The predicted molar refractivity (Wildman–Crippen MR) is 76.8 cm³/mol. The van der Waals surface area contributed by atoms with Gasteiger partial charge in [-0.2, -0.15) is 0 Å². The maximum Gasteiger partial charge on any atom is 0.245 e. The molecule has 0 aromatic rings. The molecule has 0 aromatic carbocycles. The average molecular weight is 268 g/mol. The molecule has 19 heavy (non-hydrogen) atoms. The summed E-state index contributed by atoms with van der Waals surface area (Å²) in [5.74, 6) is 0.140. The van der Waals surface area contributed by atoms with Gasteiger partial charge in [-0.05, 0) is 19.3 Å². The van der Waals surface area contributed by atoms with Crippen molar-refractivity contribution < 1.29 is 9.59 Å². The number of hydrogen-bond donors (Lipinski definition) is 1. The summed E-state index contributed by atoms with van der Waals surface area (Å²) in [6.07, 6.45) is 6.89. The van der Waals surface area contributed by atoms with Crippen LogP contribution in [0, 0.1) is 0 Å². The molecule has 0 radical (unpaired) electrons. The predicted octanol–water partition coefficient (Wildman–Crippen LogP) is 2.47. The van der Waals surface area contributed by atoms with E-state index in [1.807, 2.05) is 11.8 Å². The number of carbonyl (C=O) groups is 2. The maximum absolute atomic E-state index is 12.4. The Labute approximate surface area is 116 Å². The lowest BCUT2D eigenvalue weighted by molar-refractivity contribution is -0.149. The molecule has 2 unspecified atom stereocenters. The first-order chi connectivity index (χ1) is 9.15. The molecule has 1 aliphatic rings. The largest absolute Gasteiger partial charge is 0.343 e. The second-order valence-electron chi connectivity index (χ2n) is 5.37. The first kappa shape index (κ1) is 16.0. The van der Waals surface area contributed by atoms with E-state index in [0.29, 0.717) is 6.42 Å². The quantitative estimate of drug-likeness (QED) is 0.688. The normalized spacial score (nSPS) is 23.6. The van der Waals surface area contributed by atoms with Gasteiger partial charge in [-0.25, -0.2) is 0 Å². The minimum atomic E-state index is -0.313. The van der Waals surface area contributed by atoms with Gasteiger partial charge < -0.3 is 10.2 Å². The Morgan fingerprint density at radius 3 is 2.37 bits per heavy atom. The Hall–Kier alpha value is -1.06. The molecule has 1 saturated heterocycles. The lowest BCUT2D eigenvalue weighted by Crippen LogP contribution is -2.63. The van der Waals surface area contributed by atoms with Crippen molar-refractivity contribution in [2.45, 2.75) is 77.8 Å². The highest BCUT2D eigenvalue weighted by molar-refractivity contribution is 5.96. The van der Waals surface area contributed by atoms with E-state index in [0.717, 1.165) is 32.2 Å². The SMILES string of the molecule is CCCCCCN1C(=O)C(CC)NC(=O)C1CCC. The van der Waals surface area contributed by atoms with Gasteiger partial charge in [0.2, 0.25) is 11.8 Å². The van der Waals surface area contributed by atoms with E-state index in [1.54, 1.807) is 0 Å². The Kier molecular flexibility index (Phi) is 6.89. The minimum absolute atomic E-state index is 0.0313. The van der Waals surface area contributed by atoms with Crippen LogP contribution in [-0.4, -0.2) is 35.3 Å². The van der Waals surface area contributed by atoms with Crippen molar-refractivity contribution in [1.82, 2.24) is 10.2 Å². The van der Waals surface area contributed by atoms with E-state index >= 15 is 0 Å². The fourth-order valence-corrected chi connectivity index (χ4v) is 2.64. The summed E-state index contributed by atoms with van der Waals surface area (Å²) in [6, 6.07) is -0.561. The van der Waals surface area contributed by atoms with Crippen LogP contribution in [0.25, 0.3) is 0 Å². The van der Waals surface area contributed by atoms with Crippen LogP contribution in [-0.2, 0) is 9.59 Å². The van der Waals surface area contributed by atoms with Crippen LogP contribution in [0.15, 0.2) is 0 Å². The maximum atomic E-state index is 12.4. The second kappa shape index (κ2) is 8.18. The fourth-order valence-electron chi connectivity index (χ4n) is 2.64. The van der Waals surface area contributed by atoms with Crippen LogP contribution in [0.5, 0.6) is 0 Å². The molecule has 1 aliphatic heterocycles. The molecule has 110 valence electrons. The molecular formula is C15H28N2O2. The molecular weight excluding hydrogens is 240 g/mol. The van der Waals surface area contributed by atoms with Crippen LogP contribution in [0.1, 0.15) is 65.7 Å². The topological polar surface area (TPSA) is 49.4 Å². The van der Waals surface area contributed by atoms with Gasteiger partial charge in [-0.3, -0.25) is 9.59 Å². The molecule has 4 nitrogen and oxygen atoms in total. The molecule has 0 saturated carbocycles. The highest BCUT2D eigenvalue weighted by atomic mass is 16.2. The summed E-state index contributed by atoms with van der Waals surface area (Å²) in [5, 5.41) is 2.85. The highest BCUT2D eigenvalue weighted by Gasteiger charge is 2.38. The summed E-state index contributed by atoms with van der Waals surface area (Å²) in [6.45, 7) is 6.90. The number of carbonyl (C=O) groups excluding carboxylic acids is 2. The second-order valence-corrected chi connectivity index (χ2v) is 5.37. The van der Waals surface area contributed by atoms with E-state index < -0.39 is 0 Å². The summed E-state index contributed by atoms with van der Waals surface area (Å²) >= 11 is 0. The first-order valence-electron chi connectivity index (χ1n) is 7.76. The van der Waals surface area contributed by atoms with Gasteiger partial charge in [0.1, 0.15) is 12.1 Å². The van der Waals surface area contributed by atoms with Crippen LogP contribution >= 0.6 is 0 Å². The van der Waals surface area contributed by atoms with Crippen LogP contribution in [0.4, 0.5) is 0 Å². The Morgan fingerprint density at radius 1 is 1.05 bits per heavy atom. The van der Waals surface area contributed by atoms with Gasteiger partial charge in [0, 0.05) is 6.54 Å². The van der Waals surface area contributed by atoms with Gasteiger partial charge in [0.15, 0.2) is 0 Å². The van der Waals surface area contributed by atoms with Gasteiger partial charge >= 0.3 is 0 Å². The van der Waals surface area contributed by atoms with Crippen molar-refractivity contribution >= 4 is 11.8 Å². The molecule has 1 fully saturated rings. The molecule has 4 heteroatoms. The van der Waals surface area contributed by atoms with E-state index in [9.17, 15) is 9.59 Å². The molecule has 0 spiro atoms. The lowest BCUT2D eigenvalue weighted by atomic mass is 10.0. The number of hydrogen-bond acceptors (Lipinski definition) is 2. The molecule has 1 heterocycles. The summed E-state index contributed by atoms with van der Waals surface area (Å²) in [4.78, 5) is 26.3. The van der Waals surface area contributed by atoms with Crippen LogP contribution in [0.2, 0.25) is 0 Å². The number of nitrogens with one attached hydrogen (secondary N) is 1. The third kappa shape index (κ3) is 4.22. The highest BCUT2D eigenvalue weighted by Crippen LogP contribution is 2.17. The van der Waals surface area contributed by atoms with Gasteiger partial charge in [-0.15, -0.1) is 0 Å². The number of rotatable bonds is 8. The fraction of sp³-hybridized carbons (Fsp3) is 0.867. The zero-order chi connectivity index (χ0) is 14.3. The van der Waals surface area contributed by atoms with Crippen LogP contribution < -0.4 is 5.32 Å².